The van der Waals surface area contributed by atoms with Crippen LogP contribution in [0.5, 0.6) is 0 Å². The zero-order chi connectivity index (χ0) is 46.8. The van der Waals surface area contributed by atoms with Gasteiger partial charge in [-0.3, -0.25) is 0 Å². The molecule has 354 valence electrons. The van der Waals surface area contributed by atoms with E-state index in [9.17, 15) is 0 Å². The number of rotatable bonds is 9. The maximum Gasteiger partial charge on any atom is 0.0648 e. The second kappa shape index (κ2) is 18.2. The van der Waals surface area contributed by atoms with Crippen molar-refractivity contribution in [1.29, 1.82) is 0 Å². The number of nitrogens with zero attached hydrogens (tertiary/aromatic N) is 4. The second-order valence-electron chi connectivity index (χ2n) is 22.5. The molecular formula is C65H74N4. The lowest BCUT2D eigenvalue weighted by molar-refractivity contribution is 0.247. The monoisotopic (exact) mass is 911 g/mol. The number of hydrogen-bond acceptors (Lipinski definition) is 3. The summed E-state index contributed by atoms with van der Waals surface area (Å²) in [5, 5.41) is 2.73. The Labute approximate surface area is 413 Å². The van der Waals surface area contributed by atoms with Crippen molar-refractivity contribution in [3.05, 3.63) is 191 Å². The van der Waals surface area contributed by atoms with Crippen molar-refractivity contribution in [2.75, 3.05) is 4.90 Å². The zero-order valence-electron chi connectivity index (χ0n) is 42.1. The molecule has 8 aliphatic carbocycles. The molecule has 4 nitrogen and oxygen atoms in total. The van der Waals surface area contributed by atoms with Gasteiger partial charge >= 0.3 is 0 Å². The van der Waals surface area contributed by atoms with Gasteiger partial charge in [-0.1, -0.05) is 124 Å². The van der Waals surface area contributed by atoms with Crippen molar-refractivity contribution in [2.45, 2.75) is 149 Å². The van der Waals surface area contributed by atoms with Gasteiger partial charge in [-0.25, -0.2) is 0 Å². The molecule has 0 spiro atoms. The minimum Gasteiger partial charge on any atom is -0.362 e. The zero-order valence-corrected chi connectivity index (χ0v) is 42.1. The Bertz CT molecular complexity index is 2970. The molecular weight excluding hydrogens is 837 g/mol. The van der Waals surface area contributed by atoms with E-state index < -0.39 is 0 Å². The van der Waals surface area contributed by atoms with E-state index in [-0.39, 0.29) is 5.41 Å². The van der Waals surface area contributed by atoms with Crippen molar-refractivity contribution in [1.82, 2.24) is 14.4 Å². The minimum absolute atomic E-state index is 0.0389. The lowest BCUT2D eigenvalue weighted by atomic mass is 9.73. The van der Waals surface area contributed by atoms with Crippen LogP contribution in [0, 0.1) is 23.2 Å². The predicted octanol–water partition coefficient (Wildman–Crippen LogP) is 16.5. The third-order valence-electron chi connectivity index (χ3n) is 18.1. The van der Waals surface area contributed by atoms with Crippen LogP contribution in [0.15, 0.2) is 191 Å². The summed E-state index contributed by atoms with van der Waals surface area (Å²) in [4.78, 5) is 8.46. The van der Waals surface area contributed by atoms with E-state index in [0.29, 0.717) is 41.9 Å². The molecule has 2 heterocycles. The van der Waals surface area contributed by atoms with E-state index in [2.05, 4.69) is 200 Å². The molecule has 69 heavy (non-hydrogen) atoms. The number of benzene rings is 2. The Balaban J connectivity index is 0.855. The maximum atomic E-state index is 2.87. The normalized spacial score (nSPS) is 30.9. The Morgan fingerprint density at radius 3 is 2.23 bits per heavy atom. The fraction of sp³-hybridized carbons (Fsp3) is 0.415. The Kier molecular flexibility index (Phi) is 11.7. The van der Waals surface area contributed by atoms with E-state index in [1.165, 1.54) is 70.3 Å². The first-order chi connectivity index (χ1) is 33.7. The van der Waals surface area contributed by atoms with Crippen LogP contribution in [0.4, 0.5) is 5.69 Å². The molecule has 3 aromatic rings. The average molecular weight is 911 g/mol. The number of hydrogen-bond donors (Lipinski definition) is 0. The molecule has 0 radical (unpaired) electrons. The van der Waals surface area contributed by atoms with E-state index in [1.54, 1.807) is 33.7 Å². The van der Waals surface area contributed by atoms with E-state index >= 15 is 0 Å². The van der Waals surface area contributed by atoms with Crippen LogP contribution in [-0.2, 0) is 0 Å². The van der Waals surface area contributed by atoms with Gasteiger partial charge in [-0.2, -0.15) is 0 Å². The smallest absolute Gasteiger partial charge is 0.0648 e. The van der Waals surface area contributed by atoms with E-state index in [0.717, 1.165) is 64.2 Å². The molecule has 9 aliphatic rings. The Morgan fingerprint density at radius 2 is 1.49 bits per heavy atom. The Morgan fingerprint density at radius 1 is 0.696 bits per heavy atom. The van der Waals surface area contributed by atoms with Crippen LogP contribution >= 0.6 is 0 Å². The number of para-hydroxylation sites is 1. The molecule has 12 rings (SSSR count). The molecule has 0 fully saturated rings. The van der Waals surface area contributed by atoms with Crippen LogP contribution < -0.4 is 4.90 Å². The summed E-state index contributed by atoms with van der Waals surface area (Å²) in [7, 11) is 0. The quantitative estimate of drug-likeness (QED) is 0.199. The fourth-order valence-corrected chi connectivity index (χ4v) is 14.0. The summed E-state index contributed by atoms with van der Waals surface area (Å²) >= 11 is 0. The summed E-state index contributed by atoms with van der Waals surface area (Å²) in [6.45, 7) is 12.2. The van der Waals surface area contributed by atoms with Crippen LogP contribution in [0.1, 0.15) is 125 Å². The second-order valence-corrected chi connectivity index (χ2v) is 22.5. The summed E-state index contributed by atoms with van der Waals surface area (Å²) in [6, 6.07) is 18.2. The lowest BCUT2D eigenvalue weighted by Gasteiger charge is -2.44. The van der Waals surface area contributed by atoms with Crippen molar-refractivity contribution < 1.29 is 0 Å². The number of aromatic nitrogens is 1. The fourth-order valence-electron chi connectivity index (χ4n) is 14.0. The summed E-state index contributed by atoms with van der Waals surface area (Å²) in [5.74, 6) is 1.72. The Hall–Kier alpha value is -5.74. The van der Waals surface area contributed by atoms with Gasteiger partial charge in [0.05, 0.1) is 17.1 Å². The molecule has 1 aromatic heterocycles. The molecule has 4 heteroatoms. The van der Waals surface area contributed by atoms with Gasteiger partial charge in [0.15, 0.2) is 0 Å². The molecule has 8 unspecified atom stereocenters. The van der Waals surface area contributed by atoms with E-state index in [1.807, 2.05) is 0 Å². The highest BCUT2D eigenvalue weighted by molar-refractivity contribution is 6.11. The average Bonchev–Trinajstić information content (AvgIpc) is 3.85. The molecule has 0 saturated carbocycles. The maximum absolute atomic E-state index is 2.87. The van der Waals surface area contributed by atoms with Crippen LogP contribution in [0.2, 0.25) is 0 Å². The molecule has 0 bridgehead atoms. The van der Waals surface area contributed by atoms with Crippen LogP contribution in [0.25, 0.3) is 27.5 Å². The molecule has 0 saturated heterocycles. The largest absolute Gasteiger partial charge is 0.362 e. The highest BCUT2D eigenvalue weighted by Gasteiger charge is 2.50. The summed E-state index contributed by atoms with van der Waals surface area (Å²) < 4.78 is 2.53. The number of allylic oxidation sites excluding steroid dienone is 20. The van der Waals surface area contributed by atoms with Gasteiger partial charge in [0.1, 0.15) is 0 Å². The minimum atomic E-state index is -0.0389. The predicted molar refractivity (Wildman–Crippen MR) is 292 cm³/mol. The molecule has 2 aromatic carbocycles. The van der Waals surface area contributed by atoms with Gasteiger partial charge in [-0.15, -0.1) is 0 Å². The SMILES string of the molecule is CC1=CCC(N(C2=CC=C(C3=CCC(N(c4ccc5c(c4)c4ccccc4n5C4=CC=CCC4)C4C=CC(C)C(C)C4)CC3)CC2)C2=CC3=C(CC2C)N(C2=CC=CCC2)C2C=CC=CC32C)CC1. The summed E-state index contributed by atoms with van der Waals surface area (Å²) in [5.41, 5.74) is 17.7. The summed E-state index contributed by atoms with van der Waals surface area (Å²) in [6.07, 6.45) is 57.3. The van der Waals surface area contributed by atoms with Gasteiger partial charge in [0.2, 0.25) is 0 Å². The van der Waals surface area contributed by atoms with Gasteiger partial charge < -0.3 is 19.3 Å². The van der Waals surface area contributed by atoms with Gasteiger partial charge in [0, 0.05) is 74.4 Å². The number of anilines is 1. The molecule has 1 aliphatic heterocycles. The first kappa shape index (κ1) is 44.5. The van der Waals surface area contributed by atoms with Crippen molar-refractivity contribution in [3.63, 3.8) is 0 Å². The van der Waals surface area contributed by atoms with Crippen LogP contribution in [-0.4, -0.2) is 38.5 Å². The highest BCUT2D eigenvalue weighted by atomic mass is 15.2. The third kappa shape index (κ3) is 7.89. The van der Waals surface area contributed by atoms with Crippen molar-refractivity contribution in [2.24, 2.45) is 23.2 Å². The van der Waals surface area contributed by atoms with Crippen molar-refractivity contribution >= 4 is 33.2 Å². The van der Waals surface area contributed by atoms with Crippen LogP contribution in [0.3, 0.4) is 0 Å². The van der Waals surface area contributed by atoms with E-state index in [4.69, 9.17) is 0 Å². The molecule has 0 amide bonds. The van der Waals surface area contributed by atoms with Gasteiger partial charge in [0.25, 0.3) is 0 Å². The third-order valence-corrected chi connectivity index (χ3v) is 18.1. The van der Waals surface area contributed by atoms with Gasteiger partial charge in [-0.05, 0) is 181 Å². The molecule has 8 atom stereocenters. The first-order valence-electron chi connectivity index (χ1n) is 27.1. The number of fused-ring (bicyclic) bond motifs is 5. The molecule has 0 N–H and O–H groups in total. The highest BCUT2D eigenvalue weighted by Crippen LogP contribution is 2.55. The topological polar surface area (TPSA) is 14.7 Å². The standard InChI is InChI=1S/C65H74N4/c1-44-23-30-53(31-24-44)67(62-43-59-63(41-47(62)4)69(51-18-10-7-11-19-51)64-22-14-15-39-65(59,64)5)54-35-28-49(29-36-54)48-26-33-52(34-27-48)66(55-32-25-45(2)46(3)40-55)56-37-38-61-58(42-56)57-20-12-13-21-60(57)68(61)50-16-8-6-9-17-50/h6-8,10,12-16,18,20-23,25-26,28,32,35,37-39,42-43,45-47,52-53,55,64H,9,11,17,19,24,27,29-31,33-34,36,40-41H2,1-5H3. The van der Waals surface area contributed by atoms with Crippen molar-refractivity contribution in [3.8, 4) is 0 Å². The first-order valence-corrected chi connectivity index (χ1v) is 27.1. The lowest BCUT2D eigenvalue weighted by Crippen LogP contribution is -2.45.